The molecule has 0 spiro atoms. The second-order valence-electron chi connectivity index (χ2n) is 17.8. The largest absolute Gasteiger partial charge is 0.462 e. The molecule has 0 aromatic heterocycles. The number of hydrogen-bond donors (Lipinski definition) is 0. The quantitative estimate of drug-likeness (QED) is 0.0262. The van der Waals surface area contributed by atoms with Crippen LogP contribution in [0.5, 0.6) is 0 Å². The van der Waals surface area contributed by atoms with E-state index in [1.807, 2.05) is 0 Å². The Morgan fingerprint density at radius 2 is 0.590 bits per heavy atom. The molecule has 0 saturated heterocycles. The van der Waals surface area contributed by atoms with Crippen LogP contribution in [-0.4, -0.2) is 37.2 Å². The summed E-state index contributed by atoms with van der Waals surface area (Å²) in [7, 11) is 0. The molecule has 0 bridgehead atoms. The number of hydrogen-bond acceptors (Lipinski definition) is 6. The van der Waals surface area contributed by atoms with E-state index in [2.05, 4.69) is 57.2 Å². The number of rotatable bonds is 48. The van der Waals surface area contributed by atoms with E-state index >= 15 is 0 Å². The topological polar surface area (TPSA) is 78.9 Å². The van der Waals surface area contributed by atoms with Crippen molar-refractivity contribution in [3.63, 3.8) is 0 Å². The molecule has 356 valence electrons. The normalized spacial score (nSPS) is 12.2. The molecule has 0 aromatic rings. The van der Waals surface area contributed by atoms with Crippen molar-refractivity contribution < 1.29 is 28.6 Å². The van der Waals surface area contributed by atoms with E-state index in [1.165, 1.54) is 154 Å². The van der Waals surface area contributed by atoms with Gasteiger partial charge in [-0.15, -0.1) is 0 Å². The molecule has 0 rings (SSSR count). The molecular formula is C55H100O6. The summed E-state index contributed by atoms with van der Waals surface area (Å²) in [6, 6.07) is 0. The highest BCUT2D eigenvalue weighted by molar-refractivity contribution is 5.71. The predicted molar refractivity (Wildman–Crippen MR) is 261 cm³/mol. The summed E-state index contributed by atoms with van der Waals surface area (Å²) in [5, 5.41) is 0. The summed E-state index contributed by atoms with van der Waals surface area (Å²) in [6.45, 7) is 6.61. The summed E-state index contributed by atoms with van der Waals surface area (Å²) in [6.07, 6.45) is 58.3. The number of carbonyl (C=O) groups is 3. The number of allylic oxidation sites excluding steroid dienone is 6. The van der Waals surface area contributed by atoms with E-state index in [1.54, 1.807) is 0 Å². The van der Waals surface area contributed by atoms with Gasteiger partial charge in [0.25, 0.3) is 0 Å². The van der Waals surface area contributed by atoms with E-state index in [9.17, 15) is 14.4 Å². The number of carbonyl (C=O) groups excluding carboxylic acids is 3. The van der Waals surface area contributed by atoms with Gasteiger partial charge >= 0.3 is 17.9 Å². The van der Waals surface area contributed by atoms with Crippen LogP contribution in [0.15, 0.2) is 36.5 Å². The highest BCUT2D eigenvalue weighted by Gasteiger charge is 2.19. The Labute approximate surface area is 378 Å². The maximum absolute atomic E-state index is 12.8. The molecule has 0 N–H and O–H groups in total. The minimum absolute atomic E-state index is 0.0770. The van der Waals surface area contributed by atoms with Crippen LogP contribution in [0.3, 0.4) is 0 Å². The lowest BCUT2D eigenvalue weighted by Crippen LogP contribution is -2.30. The first-order chi connectivity index (χ1) is 30.0. The van der Waals surface area contributed by atoms with Crippen molar-refractivity contribution in [2.75, 3.05) is 13.2 Å². The standard InChI is InChI=1S/C55H100O6/c1-4-7-10-13-16-19-22-25-27-30-33-36-39-42-45-48-54(57)60-51-52(50-59-53(56)47-44-41-38-35-32-29-24-21-18-15-12-9-6-3)61-55(58)49-46-43-40-37-34-31-28-26-23-20-17-14-11-8-5-2/h16,19,25-28,52H,4-15,17-18,20-24,29-51H2,1-3H3/t52-/m1/s1. The first-order valence-corrected chi connectivity index (χ1v) is 26.5. The Balaban J connectivity index is 4.39. The lowest BCUT2D eigenvalue weighted by atomic mass is 10.0. The van der Waals surface area contributed by atoms with Crippen LogP contribution in [0, 0.1) is 0 Å². The fourth-order valence-electron chi connectivity index (χ4n) is 7.59. The van der Waals surface area contributed by atoms with Gasteiger partial charge in [0.2, 0.25) is 0 Å². The maximum atomic E-state index is 12.8. The Morgan fingerprint density at radius 3 is 0.951 bits per heavy atom. The molecule has 0 aliphatic heterocycles. The predicted octanol–water partition coefficient (Wildman–Crippen LogP) is 17.3. The van der Waals surface area contributed by atoms with E-state index < -0.39 is 6.10 Å². The maximum Gasteiger partial charge on any atom is 0.306 e. The first kappa shape index (κ1) is 58.6. The second-order valence-corrected chi connectivity index (χ2v) is 17.8. The summed E-state index contributed by atoms with van der Waals surface area (Å²) in [5.74, 6) is -0.889. The molecule has 0 heterocycles. The third-order valence-electron chi connectivity index (χ3n) is 11.6. The Kier molecular flexibility index (Phi) is 48.3. The fourth-order valence-corrected chi connectivity index (χ4v) is 7.59. The molecular weight excluding hydrogens is 757 g/mol. The van der Waals surface area contributed by atoms with Gasteiger partial charge in [0, 0.05) is 19.3 Å². The average molecular weight is 857 g/mol. The van der Waals surface area contributed by atoms with Crippen LogP contribution in [0.4, 0.5) is 0 Å². The monoisotopic (exact) mass is 857 g/mol. The number of ether oxygens (including phenoxy) is 3. The van der Waals surface area contributed by atoms with Crippen LogP contribution in [-0.2, 0) is 28.6 Å². The SMILES string of the molecule is CCCCCC=CCC=CCCCCCCCC(=O)OC[C@@H](COC(=O)CCCCCCCCCCCCCCC)OC(=O)CCCCCCCC=CCCCCCCCC. The first-order valence-electron chi connectivity index (χ1n) is 26.5. The highest BCUT2D eigenvalue weighted by Crippen LogP contribution is 2.15. The highest BCUT2D eigenvalue weighted by atomic mass is 16.6. The van der Waals surface area contributed by atoms with Crippen molar-refractivity contribution in [2.45, 2.75) is 284 Å². The van der Waals surface area contributed by atoms with E-state index in [-0.39, 0.29) is 31.1 Å². The number of esters is 3. The summed E-state index contributed by atoms with van der Waals surface area (Å²) in [4.78, 5) is 38.0. The van der Waals surface area contributed by atoms with Crippen molar-refractivity contribution in [3.05, 3.63) is 36.5 Å². The zero-order chi connectivity index (χ0) is 44.4. The van der Waals surface area contributed by atoms with Gasteiger partial charge in [-0.05, 0) is 77.0 Å². The third kappa shape index (κ3) is 48.5. The van der Waals surface area contributed by atoms with Crippen LogP contribution in [0.25, 0.3) is 0 Å². The molecule has 0 aromatic carbocycles. The zero-order valence-electron chi connectivity index (χ0n) is 40.7. The van der Waals surface area contributed by atoms with Gasteiger partial charge in [-0.3, -0.25) is 14.4 Å². The fraction of sp³-hybridized carbons (Fsp3) is 0.836. The molecule has 0 aliphatic rings. The zero-order valence-corrected chi connectivity index (χ0v) is 40.7. The summed E-state index contributed by atoms with van der Waals surface area (Å²) < 4.78 is 16.8. The lowest BCUT2D eigenvalue weighted by Gasteiger charge is -2.18. The Bertz CT molecular complexity index is 1030. The minimum Gasteiger partial charge on any atom is -0.462 e. The van der Waals surface area contributed by atoms with Crippen molar-refractivity contribution in [1.82, 2.24) is 0 Å². The molecule has 6 heteroatoms. The molecule has 0 unspecified atom stereocenters. The van der Waals surface area contributed by atoms with Gasteiger partial charge in [0.05, 0.1) is 0 Å². The molecule has 6 nitrogen and oxygen atoms in total. The van der Waals surface area contributed by atoms with Gasteiger partial charge in [-0.25, -0.2) is 0 Å². The molecule has 1 atom stereocenters. The van der Waals surface area contributed by atoms with Gasteiger partial charge in [-0.2, -0.15) is 0 Å². The number of unbranched alkanes of at least 4 members (excludes halogenated alkanes) is 31. The second kappa shape index (κ2) is 50.3. The van der Waals surface area contributed by atoms with Crippen LogP contribution in [0.1, 0.15) is 278 Å². The van der Waals surface area contributed by atoms with Crippen molar-refractivity contribution in [3.8, 4) is 0 Å². The smallest absolute Gasteiger partial charge is 0.306 e. The molecule has 0 aliphatic carbocycles. The van der Waals surface area contributed by atoms with E-state index in [4.69, 9.17) is 14.2 Å². The summed E-state index contributed by atoms with van der Waals surface area (Å²) in [5.41, 5.74) is 0. The Morgan fingerprint density at radius 1 is 0.328 bits per heavy atom. The van der Waals surface area contributed by atoms with Gasteiger partial charge in [0.1, 0.15) is 13.2 Å². The van der Waals surface area contributed by atoms with Crippen molar-refractivity contribution >= 4 is 17.9 Å². The van der Waals surface area contributed by atoms with Crippen LogP contribution in [0.2, 0.25) is 0 Å². The van der Waals surface area contributed by atoms with E-state index in [0.29, 0.717) is 19.3 Å². The minimum atomic E-state index is -0.778. The van der Waals surface area contributed by atoms with Gasteiger partial charge in [-0.1, -0.05) is 218 Å². The van der Waals surface area contributed by atoms with Gasteiger partial charge < -0.3 is 14.2 Å². The average Bonchev–Trinajstić information content (AvgIpc) is 3.26. The van der Waals surface area contributed by atoms with Gasteiger partial charge in [0.15, 0.2) is 6.10 Å². The van der Waals surface area contributed by atoms with Crippen LogP contribution >= 0.6 is 0 Å². The molecule has 0 saturated carbocycles. The van der Waals surface area contributed by atoms with Crippen molar-refractivity contribution in [1.29, 1.82) is 0 Å². The van der Waals surface area contributed by atoms with Crippen molar-refractivity contribution in [2.24, 2.45) is 0 Å². The summed E-state index contributed by atoms with van der Waals surface area (Å²) >= 11 is 0. The third-order valence-corrected chi connectivity index (χ3v) is 11.6. The molecule has 0 fully saturated rings. The Hall–Kier alpha value is -2.37. The van der Waals surface area contributed by atoms with E-state index in [0.717, 1.165) is 83.5 Å². The molecule has 0 amide bonds. The van der Waals surface area contributed by atoms with Crippen LogP contribution < -0.4 is 0 Å². The lowest BCUT2D eigenvalue weighted by molar-refractivity contribution is -0.167. The molecule has 0 radical (unpaired) electrons. The molecule has 61 heavy (non-hydrogen) atoms.